The molecule has 24 heavy (non-hydrogen) atoms. The molecule has 0 aliphatic heterocycles. The Balaban J connectivity index is 1.93. The minimum atomic E-state index is -0.261. The summed E-state index contributed by atoms with van der Waals surface area (Å²) in [7, 11) is 0. The van der Waals surface area contributed by atoms with Crippen LogP contribution in [-0.4, -0.2) is 22.5 Å². The van der Waals surface area contributed by atoms with Crippen molar-refractivity contribution in [1.82, 2.24) is 5.43 Å². The van der Waals surface area contributed by atoms with Gasteiger partial charge in [-0.25, -0.2) is 5.43 Å². The van der Waals surface area contributed by atoms with E-state index in [1.165, 1.54) is 23.5 Å². The number of phenolic OH excluding ortho intramolecular Hbond substituents is 1. The lowest BCUT2D eigenvalue weighted by molar-refractivity contribution is -0.120. The van der Waals surface area contributed by atoms with Crippen LogP contribution in [0.4, 0.5) is 0 Å². The number of benzene rings is 2. The van der Waals surface area contributed by atoms with Gasteiger partial charge in [-0.15, -0.1) is 11.8 Å². The summed E-state index contributed by atoms with van der Waals surface area (Å²) >= 11 is 7.98. The zero-order valence-electron chi connectivity index (χ0n) is 13.1. The van der Waals surface area contributed by atoms with E-state index in [2.05, 4.69) is 42.4 Å². The lowest BCUT2D eigenvalue weighted by atomic mass is 10.2. The van der Waals surface area contributed by atoms with E-state index in [0.29, 0.717) is 8.95 Å². The van der Waals surface area contributed by atoms with Gasteiger partial charge in [-0.2, -0.15) is 5.10 Å². The third-order valence-electron chi connectivity index (χ3n) is 3.13. The van der Waals surface area contributed by atoms with Crippen LogP contribution in [0.2, 0.25) is 0 Å². The number of thioether (sulfide) groups is 1. The van der Waals surface area contributed by atoms with Gasteiger partial charge in [0.05, 0.1) is 20.4 Å². The van der Waals surface area contributed by atoms with Crippen molar-refractivity contribution in [3.8, 4) is 5.75 Å². The molecule has 0 aromatic heterocycles. The Bertz CT molecular complexity index is 741. The summed E-state index contributed by atoms with van der Waals surface area (Å²) in [6.45, 7) is 3.86. The SMILES string of the molecule is Cc1ccc(SC(C)C(=O)N/N=C/c2cc(Br)c(O)c(Br)c2)cc1. The molecule has 0 spiro atoms. The molecule has 0 fully saturated rings. The van der Waals surface area contributed by atoms with E-state index in [1.54, 1.807) is 12.1 Å². The number of hydrazone groups is 1. The molecular weight excluding hydrogens is 456 g/mol. The minimum absolute atomic E-state index is 0.124. The van der Waals surface area contributed by atoms with Gasteiger partial charge in [-0.1, -0.05) is 17.7 Å². The average Bonchev–Trinajstić information content (AvgIpc) is 2.54. The Hall–Kier alpha value is -1.31. The summed E-state index contributed by atoms with van der Waals surface area (Å²) in [6.07, 6.45) is 1.52. The molecule has 1 atom stereocenters. The highest BCUT2D eigenvalue weighted by Crippen LogP contribution is 2.32. The molecule has 7 heteroatoms. The Kier molecular flexibility index (Phi) is 6.89. The van der Waals surface area contributed by atoms with E-state index < -0.39 is 0 Å². The molecule has 0 saturated carbocycles. The van der Waals surface area contributed by atoms with Crippen molar-refractivity contribution in [2.24, 2.45) is 5.10 Å². The third kappa shape index (κ3) is 5.36. The lowest BCUT2D eigenvalue weighted by Gasteiger charge is -2.09. The highest BCUT2D eigenvalue weighted by atomic mass is 79.9. The molecule has 0 heterocycles. The van der Waals surface area contributed by atoms with Crippen molar-refractivity contribution in [2.75, 3.05) is 0 Å². The van der Waals surface area contributed by atoms with Gasteiger partial charge in [0.1, 0.15) is 5.75 Å². The highest BCUT2D eigenvalue weighted by molar-refractivity contribution is 9.11. The number of nitrogens with one attached hydrogen (secondary N) is 1. The van der Waals surface area contributed by atoms with Crippen molar-refractivity contribution in [3.63, 3.8) is 0 Å². The molecule has 0 aliphatic carbocycles. The second kappa shape index (κ2) is 8.69. The highest BCUT2D eigenvalue weighted by Gasteiger charge is 2.13. The Labute approximate surface area is 162 Å². The fraction of sp³-hybridized carbons (Fsp3) is 0.176. The van der Waals surface area contributed by atoms with Crippen LogP contribution in [0, 0.1) is 6.92 Å². The second-order valence-electron chi connectivity index (χ2n) is 5.14. The standard InChI is InChI=1S/C17H16Br2N2O2S/c1-10-3-5-13(6-4-10)24-11(2)17(23)21-20-9-12-7-14(18)16(22)15(19)8-12/h3-9,11,22H,1-2H3,(H,21,23)/b20-9+. The van der Waals surface area contributed by atoms with Crippen LogP contribution in [0.5, 0.6) is 5.75 Å². The first-order chi connectivity index (χ1) is 11.4. The maximum atomic E-state index is 12.1. The van der Waals surface area contributed by atoms with Crippen molar-refractivity contribution >= 4 is 55.7 Å². The first kappa shape index (κ1) is 19.0. The molecule has 126 valence electrons. The molecule has 2 N–H and O–H groups in total. The van der Waals surface area contributed by atoms with Gasteiger partial charge in [0.15, 0.2) is 0 Å². The number of phenols is 1. The number of aromatic hydroxyl groups is 1. The average molecular weight is 472 g/mol. The molecule has 1 unspecified atom stereocenters. The number of hydrogen-bond acceptors (Lipinski definition) is 4. The molecular formula is C17H16Br2N2O2S. The summed E-state index contributed by atoms with van der Waals surface area (Å²) in [6, 6.07) is 11.5. The van der Waals surface area contributed by atoms with Crippen molar-refractivity contribution < 1.29 is 9.90 Å². The zero-order valence-corrected chi connectivity index (χ0v) is 17.1. The topological polar surface area (TPSA) is 61.7 Å². The van der Waals surface area contributed by atoms with Gasteiger partial charge >= 0.3 is 0 Å². The van der Waals surface area contributed by atoms with Crippen LogP contribution in [0.1, 0.15) is 18.1 Å². The molecule has 0 radical (unpaired) electrons. The van der Waals surface area contributed by atoms with E-state index in [9.17, 15) is 9.90 Å². The maximum Gasteiger partial charge on any atom is 0.253 e. The van der Waals surface area contributed by atoms with E-state index in [4.69, 9.17) is 0 Å². The number of aryl methyl sites for hydroxylation is 1. The number of carbonyl (C=O) groups is 1. The molecule has 4 nitrogen and oxygen atoms in total. The number of halogens is 2. The van der Waals surface area contributed by atoms with Gasteiger partial charge < -0.3 is 5.11 Å². The summed E-state index contributed by atoms with van der Waals surface area (Å²) in [4.78, 5) is 13.1. The minimum Gasteiger partial charge on any atom is -0.506 e. The summed E-state index contributed by atoms with van der Waals surface area (Å²) in [5, 5.41) is 13.4. The van der Waals surface area contributed by atoms with Crippen LogP contribution in [0.25, 0.3) is 0 Å². The van der Waals surface area contributed by atoms with Gasteiger partial charge in [0, 0.05) is 4.90 Å². The quantitative estimate of drug-likeness (QED) is 0.372. The van der Waals surface area contributed by atoms with Crippen LogP contribution in [-0.2, 0) is 4.79 Å². The zero-order chi connectivity index (χ0) is 17.7. The van der Waals surface area contributed by atoms with Crippen molar-refractivity contribution in [1.29, 1.82) is 0 Å². The predicted octanol–water partition coefficient (Wildman–Crippen LogP) is 4.86. The Morgan fingerprint density at radius 1 is 1.25 bits per heavy atom. The van der Waals surface area contributed by atoms with Gasteiger partial charge in [0.2, 0.25) is 0 Å². The first-order valence-corrected chi connectivity index (χ1v) is 9.57. The van der Waals surface area contributed by atoms with Crippen LogP contribution < -0.4 is 5.43 Å². The van der Waals surface area contributed by atoms with Crippen LogP contribution in [0.3, 0.4) is 0 Å². The fourth-order valence-electron chi connectivity index (χ4n) is 1.80. The summed E-state index contributed by atoms with van der Waals surface area (Å²) < 4.78 is 1.10. The molecule has 2 aromatic carbocycles. The molecule has 1 amide bonds. The lowest BCUT2D eigenvalue weighted by Crippen LogP contribution is -2.26. The van der Waals surface area contributed by atoms with Gasteiger partial charge in [-0.3, -0.25) is 4.79 Å². The number of amides is 1. The van der Waals surface area contributed by atoms with E-state index in [0.717, 1.165) is 10.5 Å². The fourth-order valence-corrected chi connectivity index (χ4v) is 3.88. The molecule has 0 bridgehead atoms. The number of carbonyl (C=O) groups excluding carboxylic acids is 1. The van der Waals surface area contributed by atoms with Crippen LogP contribution in [0.15, 0.2) is 55.3 Å². The van der Waals surface area contributed by atoms with E-state index in [1.807, 2.05) is 38.1 Å². The largest absolute Gasteiger partial charge is 0.506 e. The van der Waals surface area contributed by atoms with Crippen LogP contribution >= 0.6 is 43.6 Å². The van der Waals surface area contributed by atoms with Crippen molar-refractivity contribution in [3.05, 3.63) is 56.5 Å². The smallest absolute Gasteiger partial charge is 0.253 e. The molecule has 2 rings (SSSR count). The maximum absolute atomic E-state index is 12.1. The van der Waals surface area contributed by atoms with Gasteiger partial charge in [0.25, 0.3) is 5.91 Å². The normalized spacial score (nSPS) is 12.3. The number of nitrogens with zero attached hydrogens (tertiary/aromatic N) is 1. The van der Waals surface area contributed by atoms with E-state index in [-0.39, 0.29) is 16.9 Å². The third-order valence-corrected chi connectivity index (χ3v) is 5.45. The van der Waals surface area contributed by atoms with E-state index >= 15 is 0 Å². The summed E-state index contributed by atoms with van der Waals surface area (Å²) in [5.41, 5.74) is 4.46. The molecule has 0 saturated heterocycles. The second-order valence-corrected chi connectivity index (χ2v) is 8.26. The van der Waals surface area contributed by atoms with Crippen molar-refractivity contribution in [2.45, 2.75) is 24.0 Å². The number of hydrogen-bond donors (Lipinski definition) is 2. The molecule has 0 aliphatic rings. The monoisotopic (exact) mass is 470 g/mol. The van der Waals surface area contributed by atoms with Gasteiger partial charge in [-0.05, 0) is 75.5 Å². The first-order valence-electron chi connectivity index (χ1n) is 7.11. The Morgan fingerprint density at radius 2 is 1.83 bits per heavy atom. The predicted molar refractivity (Wildman–Crippen MR) is 106 cm³/mol. The molecule has 2 aromatic rings. The summed E-state index contributed by atoms with van der Waals surface area (Å²) in [5.74, 6) is -0.0481. The Morgan fingerprint density at radius 3 is 2.42 bits per heavy atom. The number of rotatable bonds is 5.